The summed E-state index contributed by atoms with van der Waals surface area (Å²) in [6.07, 6.45) is 2.39. The fourth-order valence-electron chi connectivity index (χ4n) is 3.23. The second-order valence-corrected chi connectivity index (χ2v) is 7.70. The summed E-state index contributed by atoms with van der Waals surface area (Å²) < 4.78 is 0. The molecule has 1 heterocycles. The number of hydrogen-bond donors (Lipinski definition) is 0. The molecule has 0 aliphatic heterocycles. The van der Waals surface area contributed by atoms with E-state index in [4.69, 9.17) is 0 Å². The molecule has 0 saturated heterocycles. The summed E-state index contributed by atoms with van der Waals surface area (Å²) in [6.45, 7) is 2.17. The minimum absolute atomic E-state index is 0.297. The van der Waals surface area contributed by atoms with E-state index in [1.807, 2.05) is 11.3 Å². The van der Waals surface area contributed by atoms with Crippen molar-refractivity contribution in [3.05, 3.63) is 68.9 Å². The summed E-state index contributed by atoms with van der Waals surface area (Å²) in [4.78, 5) is 3.06. The fourth-order valence-corrected chi connectivity index (χ4v) is 4.94. The molecular weight excluding hydrogens is 328 g/mol. The van der Waals surface area contributed by atoms with Gasteiger partial charge in [0.1, 0.15) is 0 Å². The lowest BCUT2D eigenvalue weighted by Crippen LogP contribution is -1.93. The molecule has 20 heavy (non-hydrogen) atoms. The van der Waals surface area contributed by atoms with E-state index in [1.54, 1.807) is 0 Å². The predicted molar refractivity (Wildman–Crippen MR) is 91.2 cm³/mol. The minimum atomic E-state index is 0.297. The molecule has 1 aliphatic rings. The van der Waals surface area contributed by atoms with Crippen LogP contribution >= 0.6 is 27.3 Å². The van der Waals surface area contributed by atoms with Gasteiger partial charge in [0.25, 0.3) is 0 Å². The van der Waals surface area contributed by atoms with Gasteiger partial charge in [-0.05, 0) is 59.4 Å². The van der Waals surface area contributed by atoms with Crippen LogP contribution < -0.4 is 0 Å². The molecule has 0 radical (unpaired) electrons. The first-order valence-electron chi connectivity index (χ1n) is 6.98. The zero-order valence-corrected chi connectivity index (χ0v) is 13.7. The van der Waals surface area contributed by atoms with E-state index in [-0.39, 0.29) is 0 Å². The van der Waals surface area contributed by atoms with Gasteiger partial charge in [-0.2, -0.15) is 0 Å². The van der Waals surface area contributed by atoms with Crippen LogP contribution in [0.5, 0.6) is 0 Å². The van der Waals surface area contributed by atoms with Gasteiger partial charge in [-0.15, -0.1) is 11.3 Å². The average Bonchev–Trinajstić information content (AvgIpc) is 3.07. The second-order valence-electron chi connectivity index (χ2n) is 5.46. The fraction of sp³-hybridized carbons (Fsp3) is 0.222. The molecule has 0 bridgehead atoms. The SMILES string of the molecule is Cc1ccc(C(Br)c2ccc3c4c(cccc24)CC3)s1. The summed E-state index contributed by atoms with van der Waals surface area (Å²) in [7, 11) is 0. The molecule has 0 fully saturated rings. The molecule has 0 amide bonds. The van der Waals surface area contributed by atoms with Gasteiger partial charge in [-0.3, -0.25) is 0 Å². The standard InChI is InChI=1S/C18H15BrS/c1-11-5-10-16(20-11)18(19)15-9-8-13-7-6-12-3-2-4-14(15)17(12)13/h2-5,8-10,18H,6-7H2,1H3. The first kappa shape index (κ1) is 12.6. The number of aryl methyl sites for hydroxylation is 3. The van der Waals surface area contributed by atoms with Crippen LogP contribution in [0.25, 0.3) is 10.8 Å². The minimum Gasteiger partial charge on any atom is -0.144 e. The predicted octanol–water partition coefficient (Wildman–Crippen LogP) is 5.79. The van der Waals surface area contributed by atoms with Gasteiger partial charge in [0.2, 0.25) is 0 Å². The largest absolute Gasteiger partial charge is 0.144 e. The molecule has 0 spiro atoms. The van der Waals surface area contributed by atoms with E-state index in [1.165, 1.54) is 50.1 Å². The summed E-state index contributed by atoms with van der Waals surface area (Å²) in [6, 6.07) is 15.8. The van der Waals surface area contributed by atoms with Gasteiger partial charge in [0, 0.05) is 9.75 Å². The third-order valence-electron chi connectivity index (χ3n) is 4.19. The molecule has 3 aromatic rings. The van der Waals surface area contributed by atoms with Gasteiger partial charge in [0.15, 0.2) is 0 Å². The van der Waals surface area contributed by atoms with Crippen LogP contribution in [0.4, 0.5) is 0 Å². The molecule has 0 N–H and O–H groups in total. The molecule has 100 valence electrons. The highest BCUT2D eigenvalue weighted by Gasteiger charge is 2.20. The molecule has 0 saturated carbocycles. The molecular formula is C18H15BrS. The Morgan fingerprint density at radius 3 is 2.55 bits per heavy atom. The van der Waals surface area contributed by atoms with Crippen molar-refractivity contribution >= 4 is 38.0 Å². The van der Waals surface area contributed by atoms with E-state index in [0.717, 1.165) is 0 Å². The normalized spacial score (nSPS) is 14.9. The van der Waals surface area contributed by atoms with Crippen LogP contribution in [0.1, 0.15) is 31.3 Å². The summed E-state index contributed by atoms with van der Waals surface area (Å²) >= 11 is 5.78. The molecule has 0 nitrogen and oxygen atoms in total. The number of hydrogen-bond acceptors (Lipinski definition) is 1. The first-order chi connectivity index (χ1) is 9.74. The van der Waals surface area contributed by atoms with E-state index in [0.29, 0.717) is 4.83 Å². The van der Waals surface area contributed by atoms with Crippen molar-refractivity contribution in [1.82, 2.24) is 0 Å². The van der Waals surface area contributed by atoms with Crippen LogP contribution in [0.2, 0.25) is 0 Å². The van der Waals surface area contributed by atoms with E-state index in [9.17, 15) is 0 Å². The van der Waals surface area contributed by atoms with E-state index < -0.39 is 0 Å². The highest BCUT2D eigenvalue weighted by atomic mass is 79.9. The maximum absolute atomic E-state index is 3.91. The Morgan fingerprint density at radius 1 is 1.00 bits per heavy atom. The lowest BCUT2D eigenvalue weighted by atomic mass is 9.98. The third-order valence-corrected chi connectivity index (χ3v) is 6.55. The monoisotopic (exact) mass is 342 g/mol. The Balaban J connectivity index is 1.93. The van der Waals surface area contributed by atoms with Crippen LogP contribution in [-0.4, -0.2) is 0 Å². The van der Waals surface area contributed by atoms with Crippen LogP contribution in [-0.2, 0) is 12.8 Å². The van der Waals surface area contributed by atoms with Crippen LogP contribution in [0.15, 0.2) is 42.5 Å². The number of rotatable bonds is 2. The molecule has 4 rings (SSSR count). The van der Waals surface area contributed by atoms with Gasteiger partial charge in [-0.25, -0.2) is 0 Å². The topological polar surface area (TPSA) is 0 Å². The quantitative estimate of drug-likeness (QED) is 0.517. The van der Waals surface area contributed by atoms with Gasteiger partial charge in [-0.1, -0.05) is 46.3 Å². The number of thiophene rings is 1. The molecule has 2 heteroatoms. The van der Waals surface area contributed by atoms with Crippen molar-refractivity contribution in [2.75, 3.05) is 0 Å². The van der Waals surface area contributed by atoms with Crippen molar-refractivity contribution in [3.8, 4) is 0 Å². The van der Waals surface area contributed by atoms with Crippen molar-refractivity contribution in [1.29, 1.82) is 0 Å². The Labute approximate surface area is 131 Å². The molecule has 1 aliphatic carbocycles. The number of halogens is 1. The van der Waals surface area contributed by atoms with Crippen LogP contribution in [0.3, 0.4) is 0 Å². The maximum atomic E-state index is 3.91. The Hall–Kier alpha value is -1.12. The summed E-state index contributed by atoms with van der Waals surface area (Å²) in [5.41, 5.74) is 4.43. The van der Waals surface area contributed by atoms with E-state index in [2.05, 4.69) is 65.3 Å². The Kier molecular flexibility index (Phi) is 2.97. The third kappa shape index (κ3) is 1.86. The van der Waals surface area contributed by atoms with Gasteiger partial charge in [0.05, 0.1) is 4.83 Å². The zero-order valence-electron chi connectivity index (χ0n) is 11.3. The lowest BCUT2D eigenvalue weighted by molar-refractivity contribution is 1.02. The molecule has 2 aromatic carbocycles. The van der Waals surface area contributed by atoms with Gasteiger partial charge < -0.3 is 0 Å². The van der Waals surface area contributed by atoms with Crippen molar-refractivity contribution in [3.63, 3.8) is 0 Å². The smallest absolute Gasteiger partial charge is 0.0744 e. The van der Waals surface area contributed by atoms with Crippen molar-refractivity contribution in [2.45, 2.75) is 24.6 Å². The zero-order chi connectivity index (χ0) is 13.7. The lowest BCUT2D eigenvalue weighted by Gasteiger charge is -2.13. The van der Waals surface area contributed by atoms with Crippen molar-refractivity contribution < 1.29 is 0 Å². The Bertz CT molecular complexity index is 790. The number of alkyl halides is 1. The molecule has 1 atom stereocenters. The second kappa shape index (κ2) is 4.71. The van der Waals surface area contributed by atoms with Gasteiger partial charge >= 0.3 is 0 Å². The highest BCUT2D eigenvalue weighted by Crippen LogP contribution is 2.41. The maximum Gasteiger partial charge on any atom is 0.0744 e. The average molecular weight is 343 g/mol. The highest BCUT2D eigenvalue weighted by molar-refractivity contribution is 9.09. The molecule has 1 unspecified atom stereocenters. The van der Waals surface area contributed by atoms with E-state index >= 15 is 0 Å². The molecule has 1 aromatic heterocycles. The van der Waals surface area contributed by atoms with Crippen molar-refractivity contribution in [2.24, 2.45) is 0 Å². The summed E-state index contributed by atoms with van der Waals surface area (Å²) in [5, 5.41) is 2.92. The first-order valence-corrected chi connectivity index (χ1v) is 8.71. The summed E-state index contributed by atoms with van der Waals surface area (Å²) in [5.74, 6) is 0. The Morgan fingerprint density at radius 2 is 1.80 bits per heavy atom. The number of benzene rings is 2. The van der Waals surface area contributed by atoms with Crippen LogP contribution in [0, 0.1) is 6.92 Å².